The monoisotopic (exact) mass is 220 g/mol. The van der Waals surface area contributed by atoms with Crippen LogP contribution in [-0.4, -0.2) is 11.2 Å². The Morgan fingerprint density at radius 3 is 2.50 bits per heavy atom. The summed E-state index contributed by atoms with van der Waals surface area (Å²) in [5, 5.41) is 10.1. The quantitative estimate of drug-likeness (QED) is 0.619. The highest BCUT2D eigenvalue weighted by Crippen LogP contribution is 2.77. The second kappa shape index (κ2) is 2.75. The predicted molar refractivity (Wildman–Crippen MR) is 66.0 cm³/mol. The minimum absolute atomic E-state index is 0.235. The van der Waals surface area contributed by atoms with E-state index >= 15 is 0 Å². The Bertz CT molecular complexity index is 356. The highest BCUT2D eigenvalue weighted by atomic mass is 16.3. The van der Waals surface area contributed by atoms with Gasteiger partial charge < -0.3 is 5.11 Å². The maximum absolute atomic E-state index is 10.1. The SMILES string of the molecule is C=C1C(O)CCC2(C)C3CCC12CC3(C)C. The van der Waals surface area contributed by atoms with E-state index in [0.717, 1.165) is 17.9 Å². The molecule has 1 N–H and O–H groups in total. The zero-order valence-electron chi connectivity index (χ0n) is 10.8. The number of hydrogen-bond acceptors (Lipinski definition) is 1. The highest BCUT2D eigenvalue weighted by Gasteiger charge is 2.70. The first-order valence-corrected chi connectivity index (χ1v) is 6.71. The van der Waals surface area contributed by atoms with Gasteiger partial charge in [-0.1, -0.05) is 27.4 Å². The molecule has 0 aliphatic heterocycles. The van der Waals surface area contributed by atoms with E-state index < -0.39 is 0 Å². The molecule has 1 nitrogen and oxygen atoms in total. The molecule has 3 aliphatic rings. The lowest BCUT2D eigenvalue weighted by Gasteiger charge is -2.48. The maximum Gasteiger partial charge on any atom is 0.0753 e. The van der Waals surface area contributed by atoms with Gasteiger partial charge in [0.2, 0.25) is 0 Å². The summed E-state index contributed by atoms with van der Waals surface area (Å²) in [6.45, 7) is 11.6. The number of aliphatic hydroxyl groups excluding tert-OH is 1. The first kappa shape index (κ1) is 10.8. The molecule has 4 atom stereocenters. The Balaban J connectivity index is 2.13. The molecule has 3 saturated carbocycles. The Morgan fingerprint density at radius 1 is 1.19 bits per heavy atom. The molecule has 3 fully saturated rings. The minimum atomic E-state index is -0.235. The average Bonchev–Trinajstić information content (AvgIpc) is 2.57. The van der Waals surface area contributed by atoms with E-state index in [1.807, 2.05) is 0 Å². The van der Waals surface area contributed by atoms with Crippen LogP contribution in [0.3, 0.4) is 0 Å². The topological polar surface area (TPSA) is 20.2 Å². The minimum Gasteiger partial charge on any atom is -0.389 e. The Kier molecular flexibility index (Phi) is 1.86. The molecular weight excluding hydrogens is 196 g/mol. The van der Waals surface area contributed by atoms with E-state index in [-0.39, 0.29) is 11.5 Å². The fourth-order valence-corrected chi connectivity index (χ4v) is 5.76. The van der Waals surface area contributed by atoms with Crippen LogP contribution in [-0.2, 0) is 0 Å². The van der Waals surface area contributed by atoms with Crippen molar-refractivity contribution in [1.29, 1.82) is 0 Å². The van der Waals surface area contributed by atoms with Gasteiger partial charge in [0.05, 0.1) is 6.10 Å². The normalized spacial score (nSPS) is 54.1. The lowest BCUT2D eigenvalue weighted by molar-refractivity contribution is 0.0337. The van der Waals surface area contributed by atoms with Crippen molar-refractivity contribution in [2.75, 3.05) is 0 Å². The zero-order chi connectivity index (χ0) is 11.8. The van der Waals surface area contributed by atoms with Crippen LogP contribution in [0, 0.1) is 22.2 Å². The lowest BCUT2D eigenvalue weighted by atomic mass is 9.57. The average molecular weight is 220 g/mol. The van der Waals surface area contributed by atoms with E-state index in [1.54, 1.807) is 0 Å². The molecule has 1 heteroatoms. The molecule has 4 unspecified atom stereocenters. The summed E-state index contributed by atoms with van der Waals surface area (Å²) in [6, 6.07) is 0. The Hall–Kier alpha value is -0.300. The fourth-order valence-electron chi connectivity index (χ4n) is 5.76. The molecule has 0 saturated heterocycles. The van der Waals surface area contributed by atoms with Crippen molar-refractivity contribution >= 4 is 0 Å². The van der Waals surface area contributed by atoms with Crippen LogP contribution in [0.25, 0.3) is 0 Å². The van der Waals surface area contributed by atoms with Crippen molar-refractivity contribution in [3.05, 3.63) is 12.2 Å². The van der Waals surface area contributed by atoms with Crippen molar-refractivity contribution in [3.63, 3.8) is 0 Å². The second-order valence-electron chi connectivity index (χ2n) is 7.34. The number of hydrogen-bond donors (Lipinski definition) is 1. The van der Waals surface area contributed by atoms with Gasteiger partial charge in [0, 0.05) is 0 Å². The van der Waals surface area contributed by atoms with Crippen LogP contribution in [0.4, 0.5) is 0 Å². The van der Waals surface area contributed by atoms with Crippen LogP contribution < -0.4 is 0 Å². The fraction of sp³-hybridized carbons (Fsp3) is 0.867. The van der Waals surface area contributed by atoms with Crippen LogP contribution >= 0.6 is 0 Å². The van der Waals surface area contributed by atoms with E-state index in [0.29, 0.717) is 10.8 Å². The molecule has 0 radical (unpaired) electrons. The lowest BCUT2D eigenvalue weighted by Crippen LogP contribution is -2.43. The third-order valence-electron chi connectivity index (χ3n) is 6.38. The van der Waals surface area contributed by atoms with E-state index in [9.17, 15) is 5.11 Å². The Morgan fingerprint density at radius 2 is 1.88 bits per heavy atom. The van der Waals surface area contributed by atoms with Crippen molar-refractivity contribution in [2.24, 2.45) is 22.2 Å². The highest BCUT2D eigenvalue weighted by molar-refractivity contribution is 5.32. The third-order valence-corrected chi connectivity index (χ3v) is 6.38. The van der Waals surface area contributed by atoms with Crippen LogP contribution in [0.1, 0.15) is 52.9 Å². The van der Waals surface area contributed by atoms with E-state index in [4.69, 9.17) is 0 Å². The Labute approximate surface area is 98.9 Å². The van der Waals surface area contributed by atoms with Crippen LogP contribution in [0.5, 0.6) is 0 Å². The molecule has 3 aliphatic carbocycles. The van der Waals surface area contributed by atoms with Crippen LogP contribution in [0.2, 0.25) is 0 Å². The van der Waals surface area contributed by atoms with Crippen molar-refractivity contribution in [2.45, 2.75) is 59.0 Å². The van der Waals surface area contributed by atoms with Gasteiger partial charge in [-0.25, -0.2) is 0 Å². The largest absolute Gasteiger partial charge is 0.389 e. The summed E-state index contributed by atoms with van der Waals surface area (Å²) in [7, 11) is 0. The molecule has 3 rings (SSSR count). The molecule has 2 bridgehead atoms. The summed E-state index contributed by atoms with van der Waals surface area (Å²) in [4.78, 5) is 0. The maximum atomic E-state index is 10.1. The van der Waals surface area contributed by atoms with Gasteiger partial charge in [-0.3, -0.25) is 0 Å². The summed E-state index contributed by atoms with van der Waals surface area (Å²) >= 11 is 0. The molecular formula is C15H24O. The van der Waals surface area contributed by atoms with E-state index in [1.165, 1.54) is 25.7 Å². The van der Waals surface area contributed by atoms with Gasteiger partial charge >= 0.3 is 0 Å². The number of rotatable bonds is 0. The molecule has 0 aromatic heterocycles. The van der Waals surface area contributed by atoms with Crippen molar-refractivity contribution in [3.8, 4) is 0 Å². The summed E-state index contributed by atoms with van der Waals surface area (Å²) in [5.41, 5.74) is 2.29. The van der Waals surface area contributed by atoms with Crippen molar-refractivity contribution in [1.82, 2.24) is 0 Å². The van der Waals surface area contributed by atoms with Gasteiger partial charge in [-0.2, -0.15) is 0 Å². The molecule has 0 spiro atoms. The smallest absolute Gasteiger partial charge is 0.0753 e. The van der Waals surface area contributed by atoms with Crippen LogP contribution in [0.15, 0.2) is 12.2 Å². The summed E-state index contributed by atoms with van der Waals surface area (Å²) in [5.74, 6) is 0.837. The van der Waals surface area contributed by atoms with Gasteiger partial charge in [0.15, 0.2) is 0 Å². The standard InChI is InChI=1S/C15H24O/c1-10-11(16)5-7-14(4)12-6-8-15(10,14)9-13(12,2)3/h11-12,16H,1,5-9H2,2-4H3. The molecule has 0 aromatic carbocycles. The van der Waals surface area contributed by atoms with Gasteiger partial charge in [0.1, 0.15) is 0 Å². The first-order chi connectivity index (χ1) is 7.33. The molecule has 0 amide bonds. The third kappa shape index (κ3) is 0.932. The second-order valence-corrected chi connectivity index (χ2v) is 7.34. The van der Waals surface area contributed by atoms with Gasteiger partial charge in [0.25, 0.3) is 0 Å². The van der Waals surface area contributed by atoms with Crippen molar-refractivity contribution < 1.29 is 5.11 Å². The first-order valence-electron chi connectivity index (χ1n) is 6.71. The van der Waals surface area contributed by atoms with E-state index in [2.05, 4.69) is 27.4 Å². The molecule has 90 valence electrons. The molecule has 16 heavy (non-hydrogen) atoms. The molecule has 0 aromatic rings. The van der Waals surface area contributed by atoms with Gasteiger partial charge in [-0.05, 0) is 59.8 Å². The molecule has 0 heterocycles. The zero-order valence-corrected chi connectivity index (χ0v) is 10.8. The number of aliphatic hydroxyl groups is 1. The summed E-state index contributed by atoms with van der Waals surface area (Å²) < 4.78 is 0. The van der Waals surface area contributed by atoms with Gasteiger partial charge in [-0.15, -0.1) is 0 Å². The summed E-state index contributed by atoms with van der Waals surface area (Å²) in [6.07, 6.45) is 5.76. The predicted octanol–water partition coefficient (Wildman–Crippen LogP) is 3.53.